The lowest BCUT2D eigenvalue weighted by Gasteiger charge is -2.15. The molecule has 0 aliphatic rings. The van der Waals surface area contributed by atoms with Crippen LogP contribution in [0.5, 0.6) is 0 Å². The summed E-state index contributed by atoms with van der Waals surface area (Å²) in [6, 6.07) is 21.3. The molecule has 0 saturated heterocycles. The molecule has 1 amide bonds. The molecule has 0 fully saturated rings. The van der Waals surface area contributed by atoms with Crippen LogP contribution in [0.2, 0.25) is 5.02 Å². The molecular formula is C24H17ClN4O2S. The van der Waals surface area contributed by atoms with Crippen molar-refractivity contribution in [3.63, 3.8) is 0 Å². The number of thioether (sulfide) groups is 1. The van der Waals surface area contributed by atoms with E-state index in [0.717, 1.165) is 17.3 Å². The van der Waals surface area contributed by atoms with Gasteiger partial charge >= 0.3 is 0 Å². The molecule has 0 unspecified atom stereocenters. The van der Waals surface area contributed by atoms with Gasteiger partial charge in [0.2, 0.25) is 5.91 Å². The van der Waals surface area contributed by atoms with Gasteiger partial charge < -0.3 is 5.32 Å². The zero-order valence-corrected chi connectivity index (χ0v) is 18.6. The number of aromatic nitrogens is 2. The first-order valence-electron chi connectivity index (χ1n) is 9.68. The largest absolute Gasteiger partial charge is 0.324 e. The van der Waals surface area contributed by atoms with Crippen LogP contribution in [0.1, 0.15) is 11.1 Å². The number of rotatable bonds is 5. The number of nitrogens with one attached hydrogen (secondary N) is 1. The van der Waals surface area contributed by atoms with Gasteiger partial charge in [0.15, 0.2) is 5.16 Å². The van der Waals surface area contributed by atoms with Crippen molar-refractivity contribution < 1.29 is 4.79 Å². The number of carbonyl (C=O) groups is 1. The first kappa shape index (κ1) is 21.6. The molecule has 1 N–H and O–H groups in total. The number of halogens is 1. The SMILES string of the molecule is Cc1ccccc1-n1c(SCC(=O)Nc2cc(Cl)ccc2C#N)nc2ccccc2c1=O. The van der Waals surface area contributed by atoms with E-state index in [-0.39, 0.29) is 17.2 Å². The highest BCUT2D eigenvalue weighted by atomic mass is 35.5. The number of carbonyl (C=O) groups excluding carboxylic acids is 1. The number of hydrogen-bond acceptors (Lipinski definition) is 5. The predicted molar refractivity (Wildman–Crippen MR) is 128 cm³/mol. The molecule has 32 heavy (non-hydrogen) atoms. The molecule has 0 atom stereocenters. The van der Waals surface area contributed by atoms with Crippen molar-refractivity contribution in [2.24, 2.45) is 0 Å². The number of para-hydroxylation sites is 2. The first-order chi connectivity index (χ1) is 15.5. The fraction of sp³-hybridized carbons (Fsp3) is 0.0833. The van der Waals surface area contributed by atoms with Gasteiger partial charge in [0.1, 0.15) is 6.07 Å². The molecule has 4 aromatic rings. The molecule has 0 aliphatic carbocycles. The number of benzene rings is 3. The van der Waals surface area contributed by atoms with Gasteiger partial charge in [0.05, 0.1) is 33.6 Å². The van der Waals surface area contributed by atoms with Crippen LogP contribution in [0.3, 0.4) is 0 Å². The van der Waals surface area contributed by atoms with Crippen molar-refractivity contribution in [1.82, 2.24) is 9.55 Å². The maximum absolute atomic E-state index is 13.3. The van der Waals surface area contributed by atoms with Crippen LogP contribution in [-0.2, 0) is 4.79 Å². The molecular weight excluding hydrogens is 444 g/mol. The van der Waals surface area contributed by atoms with Gasteiger partial charge in [-0.15, -0.1) is 0 Å². The number of aryl methyl sites for hydroxylation is 1. The lowest BCUT2D eigenvalue weighted by molar-refractivity contribution is -0.113. The van der Waals surface area contributed by atoms with E-state index >= 15 is 0 Å². The van der Waals surface area contributed by atoms with Crippen LogP contribution < -0.4 is 10.9 Å². The fourth-order valence-corrected chi connectivity index (χ4v) is 4.25. The molecule has 0 saturated carbocycles. The van der Waals surface area contributed by atoms with E-state index in [0.29, 0.717) is 38.0 Å². The monoisotopic (exact) mass is 460 g/mol. The average Bonchev–Trinajstić information content (AvgIpc) is 2.79. The number of fused-ring (bicyclic) bond motifs is 1. The standard InChI is InChI=1S/C24H17ClN4O2S/c1-15-6-2-5-9-21(15)29-23(31)18-7-3-4-8-19(18)28-24(29)32-14-22(30)27-20-12-17(25)11-10-16(20)13-26/h2-12H,14H2,1H3,(H,27,30). The maximum Gasteiger partial charge on any atom is 0.266 e. The van der Waals surface area contributed by atoms with Crippen molar-refractivity contribution in [3.05, 3.63) is 93.2 Å². The van der Waals surface area contributed by atoms with Gasteiger partial charge in [0.25, 0.3) is 5.56 Å². The first-order valence-corrected chi connectivity index (χ1v) is 11.0. The molecule has 158 valence electrons. The summed E-state index contributed by atoms with van der Waals surface area (Å²) in [4.78, 5) is 30.6. The zero-order chi connectivity index (χ0) is 22.7. The van der Waals surface area contributed by atoms with Gasteiger partial charge in [-0.25, -0.2) is 4.98 Å². The highest BCUT2D eigenvalue weighted by molar-refractivity contribution is 7.99. The molecule has 0 spiro atoms. The molecule has 3 aromatic carbocycles. The maximum atomic E-state index is 13.3. The number of anilines is 1. The Morgan fingerprint density at radius 1 is 1.16 bits per heavy atom. The summed E-state index contributed by atoms with van der Waals surface area (Å²) in [6.07, 6.45) is 0. The summed E-state index contributed by atoms with van der Waals surface area (Å²) in [7, 11) is 0. The summed E-state index contributed by atoms with van der Waals surface area (Å²) in [5.41, 5.74) is 2.64. The highest BCUT2D eigenvalue weighted by Crippen LogP contribution is 2.24. The summed E-state index contributed by atoms with van der Waals surface area (Å²) in [5.74, 6) is -0.346. The van der Waals surface area contributed by atoms with Gasteiger partial charge in [-0.1, -0.05) is 53.7 Å². The zero-order valence-electron chi connectivity index (χ0n) is 17.0. The number of hydrogen-bond donors (Lipinski definition) is 1. The molecule has 1 heterocycles. The Kier molecular flexibility index (Phi) is 6.26. The fourth-order valence-electron chi connectivity index (χ4n) is 3.27. The van der Waals surface area contributed by atoms with Gasteiger partial charge in [-0.3, -0.25) is 14.2 Å². The molecule has 0 aliphatic heterocycles. The van der Waals surface area contributed by atoms with Crippen LogP contribution in [0.4, 0.5) is 5.69 Å². The highest BCUT2D eigenvalue weighted by Gasteiger charge is 2.16. The Labute approximate surface area is 193 Å². The van der Waals surface area contributed by atoms with Crippen molar-refractivity contribution >= 4 is 45.9 Å². The van der Waals surface area contributed by atoms with Crippen molar-refractivity contribution in [3.8, 4) is 11.8 Å². The van der Waals surface area contributed by atoms with Crippen LogP contribution in [-0.4, -0.2) is 21.2 Å². The van der Waals surface area contributed by atoms with E-state index < -0.39 is 0 Å². The minimum Gasteiger partial charge on any atom is -0.324 e. The predicted octanol–water partition coefficient (Wildman–Crippen LogP) is 4.95. The topological polar surface area (TPSA) is 87.8 Å². The number of amides is 1. The number of nitrogens with zero attached hydrogens (tertiary/aromatic N) is 3. The van der Waals surface area contributed by atoms with Gasteiger partial charge in [-0.2, -0.15) is 5.26 Å². The Balaban J connectivity index is 1.69. The van der Waals surface area contributed by atoms with E-state index in [2.05, 4.69) is 10.3 Å². The second-order valence-corrected chi connectivity index (χ2v) is 8.36. The van der Waals surface area contributed by atoms with Crippen LogP contribution in [0.15, 0.2) is 76.7 Å². The lowest BCUT2D eigenvalue weighted by atomic mass is 10.2. The Morgan fingerprint density at radius 3 is 2.69 bits per heavy atom. The van der Waals surface area contributed by atoms with Crippen molar-refractivity contribution in [1.29, 1.82) is 5.26 Å². The third-order valence-electron chi connectivity index (χ3n) is 4.81. The summed E-state index contributed by atoms with van der Waals surface area (Å²) in [6.45, 7) is 1.92. The number of nitriles is 1. The normalized spacial score (nSPS) is 10.7. The molecule has 1 aromatic heterocycles. The third-order valence-corrected chi connectivity index (χ3v) is 5.98. The summed E-state index contributed by atoms with van der Waals surface area (Å²) in [5, 5.41) is 13.3. The third kappa shape index (κ3) is 4.37. The van der Waals surface area contributed by atoms with Crippen LogP contribution in [0, 0.1) is 18.3 Å². The molecule has 6 nitrogen and oxygen atoms in total. The second-order valence-electron chi connectivity index (χ2n) is 6.98. The van der Waals surface area contributed by atoms with E-state index in [1.165, 1.54) is 10.6 Å². The Hall–Kier alpha value is -3.60. The molecule has 8 heteroatoms. The quantitative estimate of drug-likeness (QED) is 0.336. The smallest absolute Gasteiger partial charge is 0.266 e. The molecule has 0 bridgehead atoms. The van der Waals surface area contributed by atoms with Crippen LogP contribution >= 0.6 is 23.4 Å². The van der Waals surface area contributed by atoms with Crippen molar-refractivity contribution in [2.45, 2.75) is 12.1 Å². The lowest BCUT2D eigenvalue weighted by Crippen LogP contribution is -2.23. The Bertz CT molecular complexity index is 1440. The van der Waals surface area contributed by atoms with Crippen molar-refractivity contribution in [2.75, 3.05) is 11.1 Å². The van der Waals surface area contributed by atoms with Gasteiger partial charge in [0, 0.05) is 5.02 Å². The van der Waals surface area contributed by atoms with E-state index in [4.69, 9.17) is 11.6 Å². The van der Waals surface area contributed by atoms with E-state index in [1.807, 2.05) is 43.3 Å². The molecule has 0 radical (unpaired) electrons. The summed E-state index contributed by atoms with van der Waals surface area (Å²) >= 11 is 7.14. The van der Waals surface area contributed by atoms with Gasteiger partial charge in [-0.05, 0) is 48.9 Å². The average molecular weight is 461 g/mol. The Morgan fingerprint density at radius 2 is 1.91 bits per heavy atom. The van der Waals surface area contributed by atoms with E-state index in [1.54, 1.807) is 30.3 Å². The second kappa shape index (κ2) is 9.27. The minimum atomic E-state index is -0.340. The summed E-state index contributed by atoms with van der Waals surface area (Å²) < 4.78 is 1.54. The molecule has 4 rings (SSSR count). The minimum absolute atomic E-state index is 0.00591. The van der Waals surface area contributed by atoms with Crippen LogP contribution in [0.25, 0.3) is 16.6 Å². The van der Waals surface area contributed by atoms with E-state index in [9.17, 15) is 14.9 Å².